The first-order valence-corrected chi connectivity index (χ1v) is 7.55. The Balaban J connectivity index is 2.11. The molecule has 2 aromatic heterocycles. The van der Waals surface area contributed by atoms with Crippen molar-refractivity contribution >= 4 is 29.3 Å². The molecule has 0 aliphatic carbocycles. The van der Waals surface area contributed by atoms with Gasteiger partial charge < -0.3 is 10.1 Å². The molecule has 0 spiro atoms. The molecule has 1 amide bonds. The quantitative estimate of drug-likeness (QED) is 0.674. The van der Waals surface area contributed by atoms with Crippen molar-refractivity contribution in [3.05, 3.63) is 40.7 Å². The van der Waals surface area contributed by atoms with Crippen LogP contribution >= 0.6 is 11.3 Å². The molecule has 0 radical (unpaired) electrons. The van der Waals surface area contributed by atoms with Crippen LogP contribution in [0.3, 0.4) is 0 Å². The third-order valence-corrected chi connectivity index (χ3v) is 3.86. The van der Waals surface area contributed by atoms with Gasteiger partial charge in [0.05, 0.1) is 0 Å². The van der Waals surface area contributed by atoms with E-state index in [0.29, 0.717) is 0 Å². The Bertz CT molecular complexity index is 702. The number of likely N-dealkylation sites (N-methyl/N-ethyl adjacent to an activating group) is 1. The molecule has 0 bridgehead atoms. The van der Waals surface area contributed by atoms with E-state index in [1.54, 1.807) is 23.6 Å². The number of nitrogens with one attached hydrogen (secondary N) is 1. The Labute approximate surface area is 132 Å². The number of aromatic nitrogens is 2. The molecule has 7 heteroatoms. The minimum absolute atomic E-state index is 0.280. The largest absolute Gasteiger partial charge is 0.452 e. The fourth-order valence-corrected chi connectivity index (χ4v) is 2.74. The highest BCUT2D eigenvalue weighted by molar-refractivity contribution is 7.12. The zero-order chi connectivity index (χ0) is 16.1. The first-order valence-electron chi connectivity index (χ1n) is 6.67. The van der Waals surface area contributed by atoms with Gasteiger partial charge in [-0.3, -0.25) is 9.36 Å². The highest BCUT2D eigenvalue weighted by Crippen LogP contribution is 2.23. The summed E-state index contributed by atoms with van der Waals surface area (Å²) in [6, 6.07) is 1.97. The van der Waals surface area contributed by atoms with Crippen molar-refractivity contribution in [3.8, 4) is 5.13 Å². The Morgan fingerprint density at radius 1 is 1.45 bits per heavy atom. The summed E-state index contributed by atoms with van der Waals surface area (Å²) in [5.41, 5.74) is 2.93. The average molecular weight is 319 g/mol. The second-order valence-electron chi connectivity index (χ2n) is 4.59. The monoisotopic (exact) mass is 319 g/mol. The molecule has 2 rings (SSSR count). The number of amides is 1. The summed E-state index contributed by atoms with van der Waals surface area (Å²) in [6.07, 6.45) is 4.75. The minimum Gasteiger partial charge on any atom is -0.452 e. The van der Waals surface area contributed by atoms with E-state index in [1.807, 2.05) is 29.9 Å². The summed E-state index contributed by atoms with van der Waals surface area (Å²) in [6.45, 7) is 3.66. The van der Waals surface area contributed by atoms with Crippen LogP contribution in [0.5, 0.6) is 0 Å². The van der Waals surface area contributed by atoms with Gasteiger partial charge in [-0.15, -0.1) is 11.3 Å². The zero-order valence-electron chi connectivity index (χ0n) is 12.6. The predicted octanol–water partition coefficient (Wildman–Crippen LogP) is 1.85. The molecule has 0 saturated carbocycles. The molecular weight excluding hydrogens is 302 g/mol. The number of thiazole rings is 1. The Morgan fingerprint density at radius 2 is 2.23 bits per heavy atom. The van der Waals surface area contributed by atoms with Crippen LogP contribution in [-0.2, 0) is 14.3 Å². The molecule has 0 aliphatic heterocycles. The van der Waals surface area contributed by atoms with E-state index in [9.17, 15) is 9.59 Å². The third-order valence-electron chi connectivity index (χ3n) is 3.10. The van der Waals surface area contributed by atoms with Gasteiger partial charge >= 0.3 is 5.97 Å². The molecular formula is C15H17N3O3S. The molecule has 0 unspecified atom stereocenters. The zero-order valence-corrected chi connectivity index (χ0v) is 13.4. The number of rotatable bonds is 5. The van der Waals surface area contributed by atoms with Gasteiger partial charge in [-0.1, -0.05) is 0 Å². The van der Waals surface area contributed by atoms with Crippen LogP contribution in [0.4, 0.5) is 0 Å². The fraction of sp³-hybridized carbons (Fsp3) is 0.267. The van der Waals surface area contributed by atoms with Crippen molar-refractivity contribution in [3.63, 3.8) is 0 Å². The van der Waals surface area contributed by atoms with E-state index in [2.05, 4.69) is 10.3 Å². The van der Waals surface area contributed by atoms with Crippen molar-refractivity contribution in [2.45, 2.75) is 13.8 Å². The maximum Gasteiger partial charge on any atom is 0.331 e. The highest BCUT2D eigenvalue weighted by Gasteiger charge is 2.11. The standard InChI is InChI=1S/C15H17N3O3S/c1-10-8-12(4-5-14(20)21-9-13(19)16-3)11(2)18(10)15-17-6-7-22-15/h4-8H,9H2,1-3H3,(H,16,19)/b5-4+. The number of hydrogen-bond acceptors (Lipinski definition) is 5. The van der Waals surface area contributed by atoms with Crippen molar-refractivity contribution < 1.29 is 14.3 Å². The van der Waals surface area contributed by atoms with Crippen LogP contribution in [0, 0.1) is 13.8 Å². The lowest BCUT2D eigenvalue weighted by molar-refractivity contribution is -0.143. The Morgan fingerprint density at radius 3 is 2.86 bits per heavy atom. The van der Waals surface area contributed by atoms with Crippen LogP contribution in [0.15, 0.2) is 23.7 Å². The van der Waals surface area contributed by atoms with E-state index < -0.39 is 5.97 Å². The normalized spacial score (nSPS) is 10.9. The molecule has 1 N–H and O–H groups in total. The summed E-state index contributed by atoms with van der Waals surface area (Å²) >= 11 is 1.55. The first kappa shape index (κ1) is 16.0. The highest BCUT2D eigenvalue weighted by atomic mass is 32.1. The first-order chi connectivity index (χ1) is 10.5. The van der Waals surface area contributed by atoms with Crippen molar-refractivity contribution in [2.75, 3.05) is 13.7 Å². The van der Waals surface area contributed by atoms with E-state index in [1.165, 1.54) is 13.1 Å². The third kappa shape index (κ3) is 3.62. The van der Waals surface area contributed by atoms with Crippen LogP contribution in [0.25, 0.3) is 11.2 Å². The number of carbonyl (C=O) groups is 2. The summed E-state index contributed by atoms with van der Waals surface area (Å²) in [5, 5.41) is 5.18. The number of esters is 1. The van der Waals surface area contributed by atoms with Crippen molar-refractivity contribution in [2.24, 2.45) is 0 Å². The SMILES string of the molecule is CNC(=O)COC(=O)/C=C/c1cc(C)n(-c2nccs2)c1C. The molecule has 22 heavy (non-hydrogen) atoms. The van der Waals surface area contributed by atoms with Crippen LogP contribution in [-0.4, -0.2) is 35.1 Å². The molecule has 0 aromatic carbocycles. The summed E-state index contributed by atoms with van der Waals surface area (Å²) in [5.74, 6) is -0.897. The second-order valence-corrected chi connectivity index (χ2v) is 5.46. The van der Waals surface area contributed by atoms with Crippen molar-refractivity contribution in [1.82, 2.24) is 14.9 Å². The number of ether oxygens (including phenoxy) is 1. The summed E-state index contributed by atoms with van der Waals surface area (Å²) in [4.78, 5) is 26.9. The Kier molecular flexibility index (Phi) is 5.11. The van der Waals surface area contributed by atoms with E-state index in [0.717, 1.165) is 22.1 Å². The van der Waals surface area contributed by atoms with E-state index >= 15 is 0 Å². The minimum atomic E-state index is -0.553. The molecule has 116 valence electrons. The molecule has 0 aliphatic rings. The number of nitrogens with zero attached hydrogens (tertiary/aromatic N) is 2. The van der Waals surface area contributed by atoms with Gasteiger partial charge in [0.1, 0.15) is 0 Å². The summed E-state index contributed by atoms with van der Waals surface area (Å²) in [7, 11) is 1.49. The van der Waals surface area contributed by atoms with Gasteiger partial charge in [-0.05, 0) is 31.6 Å². The van der Waals surface area contributed by atoms with Gasteiger partial charge in [0, 0.05) is 36.1 Å². The summed E-state index contributed by atoms with van der Waals surface area (Å²) < 4.78 is 6.84. The molecule has 2 aromatic rings. The molecule has 6 nitrogen and oxygen atoms in total. The fourth-order valence-electron chi connectivity index (χ4n) is 1.99. The second kappa shape index (κ2) is 7.04. The average Bonchev–Trinajstić information content (AvgIpc) is 3.10. The van der Waals surface area contributed by atoms with Crippen LogP contribution in [0.2, 0.25) is 0 Å². The maximum absolute atomic E-state index is 11.6. The van der Waals surface area contributed by atoms with Crippen molar-refractivity contribution in [1.29, 1.82) is 0 Å². The van der Waals surface area contributed by atoms with Crippen LogP contribution < -0.4 is 5.32 Å². The van der Waals surface area contributed by atoms with Crippen LogP contribution in [0.1, 0.15) is 17.0 Å². The smallest absolute Gasteiger partial charge is 0.331 e. The maximum atomic E-state index is 11.6. The molecule has 0 saturated heterocycles. The number of hydrogen-bond donors (Lipinski definition) is 1. The lowest BCUT2D eigenvalue weighted by Gasteiger charge is -2.04. The lowest BCUT2D eigenvalue weighted by atomic mass is 10.2. The van der Waals surface area contributed by atoms with E-state index in [4.69, 9.17) is 4.74 Å². The molecule has 0 atom stereocenters. The molecule has 2 heterocycles. The van der Waals surface area contributed by atoms with Gasteiger partial charge in [-0.25, -0.2) is 9.78 Å². The van der Waals surface area contributed by atoms with E-state index in [-0.39, 0.29) is 12.5 Å². The van der Waals surface area contributed by atoms with Gasteiger partial charge in [0.15, 0.2) is 11.7 Å². The number of aryl methyl sites for hydroxylation is 1. The van der Waals surface area contributed by atoms with Gasteiger partial charge in [0.25, 0.3) is 5.91 Å². The predicted molar refractivity (Wildman–Crippen MR) is 85.0 cm³/mol. The van der Waals surface area contributed by atoms with Gasteiger partial charge in [-0.2, -0.15) is 0 Å². The topological polar surface area (TPSA) is 73.2 Å². The molecule has 0 fully saturated rings. The Hall–Kier alpha value is -2.41. The lowest BCUT2D eigenvalue weighted by Crippen LogP contribution is -2.24. The van der Waals surface area contributed by atoms with Gasteiger partial charge in [0.2, 0.25) is 0 Å². The number of carbonyl (C=O) groups excluding carboxylic acids is 2.